The number of nitrogens with zero attached hydrogens (tertiary/aromatic N) is 2. The van der Waals surface area contributed by atoms with Crippen LogP contribution in [-0.2, 0) is 4.74 Å². The molecular formula is C20H21N3O3S. The van der Waals surface area contributed by atoms with Gasteiger partial charge in [0.2, 0.25) is 0 Å². The molecule has 2 aromatic rings. The van der Waals surface area contributed by atoms with Gasteiger partial charge in [-0.25, -0.2) is 4.98 Å². The number of hydrogen-bond acceptors (Lipinski definition) is 5. The molecule has 2 aliphatic heterocycles. The van der Waals surface area contributed by atoms with E-state index in [0.29, 0.717) is 29.2 Å². The Morgan fingerprint density at radius 3 is 3.07 bits per heavy atom. The predicted molar refractivity (Wildman–Crippen MR) is 103 cm³/mol. The summed E-state index contributed by atoms with van der Waals surface area (Å²) >= 11 is 1.42. The van der Waals surface area contributed by atoms with Crippen LogP contribution in [0.2, 0.25) is 0 Å². The maximum atomic E-state index is 12.9. The number of anilines is 1. The SMILES string of the molecule is CCN1C(=O)c2cccnc2Sc2cc(C(=O)NCC3CCCO3)ccc21. The first kappa shape index (κ1) is 18.0. The number of carbonyl (C=O) groups excluding carboxylic acids is 2. The van der Waals surface area contributed by atoms with Crippen LogP contribution in [-0.4, -0.2) is 42.6 Å². The van der Waals surface area contributed by atoms with Crippen LogP contribution in [0.4, 0.5) is 5.69 Å². The van der Waals surface area contributed by atoms with Crippen molar-refractivity contribution in [1.82, 2.24) is 10.3 Å². The molecule has 1 N–H and O–H groups in total. The second-order valence-corrected chi connectivity index (χ2v) is 7.57. The monoisotopic (exact) mass is 383 g/mol. The average Bonchev–Trinajstić information content (AvgIpc) is 3.17. The number of aromatic nitrogens is 1. The lowest BCUT2D eigenvalue weighted by atomic mass is 10.1. The van der Waals surface area contributed by atoms with Crippen LogP contribution in [0.25, 0.3) is 0 Å². The number of amides is 2. The maximum absolute atomic E-state index is 12.9. The molecule has 1 unspecified atom stereocenters. The Labute approximate surface area is 162 Å². The zero-order valence-corrected chi connectivity index (χ0v) is 15.9. The van der Waals surface area contributed by atoms with Gasteiger partial charge in [-0.05, 0) is 50.1 Å². The molecule has 2 aliphatic rings. The van der Waals surface area contributed by atoms with Crippen molar-refractivity contribution in [1.29, 1.82) is 0 Å². The number of fused-ring (bicyclic) bond motifs is 2. The minimum absolute atomic E-state index is 0.0672. The van der Waals surface area contributed by atoms with Crippen LogP contribution < -0.4 is 10.2 Å². The smallest absolute Gasteiger partial charge is 0.261 e. The number of benzene rings is 1. The number of nitrogens with one attached hydrogen (secondary N) is 1. The topological polar surface area (TPSA) is 71.5 Å². The molecule has 0 aliphatic carbocycles. The first-order valence-electron chi connectivity index (χ1n) is 9.16. The van der Waals surface area contributed by atoms with Crippen LogP contribution in [0.5, 0.6) is 0 Å². The van der Waals surface area contributed by atoms with Crippen molar-refractivity contribution in [2.24, 2.45) is 0 Å². The van der Waals surface area contributed by atoms with Gasteiger partial charge < -0.3 is 15.0 Å². The fraction of sp³-hybridized carbons (Fsp3) is 0.350. The Kier molecular flexibility index (Phi) is 5.13. The number of hydrogen-bond donors (Lipinski definition) is 1. The number of rotatable bonds is 4. The van der Waals surface area contributed by atoms with Crippen LogP contribution in [0, 0.1) is 0 Å². The van der Waals surface area contributed by atoms with Crippen LogP contribution in [0.1, 0.15) is 40.5 Å². The van der Waals surface area contributed by atoms with Crippen molar-refractivity contribution in [3.8, 4) is 0 Å². The van der Waals surface area contributed by atoms with Crippen molar-refractivity contribution >= 4 is 29.3 Å². The number of carbonyl (C=O) groups is 2. The molecule has 7 heteroatoms. The van der Waals surface area contributed by atoms with E-state index < -0.39 is 0 Å². The van der Waals surface area contributed by atoms with Gasteiger partial charge in [-0.3, -0.25) is 9.59 Å². The van der Waals surface area contributed by atoms with Gasteiger partial charge >= 0.3 is 0 Å². The maximum Gasteiger partial charge on any atom is 0.261 e. The summed E-state index contributed by atoms with van der Waals surface area (Å²) in [7, 11) is 0. The molecule has 0 saturated carbocycles. The summed E-state index contributed by atoms with van der Waals surface area (Å²) in [5, 5.41) is 3.61. The third kappa shape index (κ3) is 3.57. The van der Waals surface area contributed by atoms with E-state index in [2.05, 4.69) is 10.3 Å². The summed E-state index contributed by atoms with van der Waals surface area (Å²) in [6.07, 6.45) is 3.81. The van der Waals surface area contributed by atoms with Gasteiger partial charge in [0.25, 0.3) is 11.8 Å². The van der Waals surface area contributed by atoms with Gasteiger partial charge in [-0.2, -0.15) is 0 Å². The Hall–Kier alpha value is -2.38. The van der Waals surface area contributed by atoms with Crippen molar-refractivity contribution in [3.05, 3.63) is 47.7 Å². The fourth-order valence-electron chi connectivity index (χ4n) is 3.38. The molecule has 140 valence electrons. The highest BCUT2D eigenvalue weighted by Gasteiger charge is 2.27. The van der Waals surface area contributed by atoms with Gasteiger partial charge in [-0.15, -0.1) is 0 Å². The van der Waals surface area contributed by atoms with Gasteiger partial charge in [0.15, 0.2) is 0 Å². The molecule has 0 bridgehead atoms. The third-order valence-corrected chi connectivity index (χ3v) is 5.86. The van der Waals surface area contributed by atoms with E-state index in [1.54, 1.807) is 29.3 Å². The number of pyridine rings is 1. The van der Waals surface area contributed by atoms with E-state index in [1.807, 2.05) is 19.1 Å². The Morgan fingerprint density at radius 1 is 1.41 bits per heavy atom. The quantitative estimate of drug-likeness (QED) is 0.878. The van der Waals surface area contributed by atoms with E-state index in [4.69, 9.17) is 4.74 Å². The molecule has 1 aromatic carbocycles. The van der Waals surface area contributed by atoms with Gasteiger partial charge in [0.1, 0.15) is 5.03 Å². The lowest BCUT2D eigenvalue weighted by Gasteiger charge is -2.21. The van der Waals surface area contributed by atoms with Gasteiger partial charge in [0, 0.05) is 36.4 Å². The third-order valence-electron chi connectivity index (χ3n) is 4.80. The van der Waals surface area contributed by atoms with E-state index in [0.717, 1.165) is 30.0 Å². The summed E-state index contributed by atoms with van der Waals surface area (Å²) in [6.45, 7) is 3.78. The van der Waals surface area contributed by atoms with Gasteiger partial charge in [0.05, 0.1) is 17.4 Å². The summed E-state index contributed by atoms with van der Waals surface area (Å²) in [6, 6.07) is 9.01. The highest BCUT2D eigenvalue weighted by atomic mass is 32.2. The molecule has 1 saturated heterocycles. The zero-order valence-electron chi connectivity index (χ0n) is 15.1. The summed E-state index contributed by atoms with van der Waals surface area (Å²) in [5.74, 6) is -0.198. The zero-order chi connectivity index (χ0) is 18.8. The molecule has 27 heavy (non-hydrogen) atoms. The molecule has 4 rings (SSSR count). The number of ether oxygens (including phenoxy) is 1. The largest absolute Gasteiger partial charge is 0.376 e. The van der Waals surface area contributed by atoms with E-state index >= 15 is 0 Å². The van der Waals surface area contributed by atoms with E-state index in [-0.39, 0.29) is 17.9 Å². The summed E-state index contributed by atoms with van der Waals surface area (Å²) < 4.78 is 5.55. The van der Waals surface area contributed by atoms with Crippen molar-refractivity contribution in [2.75, 3.05) is 24.6 Å². The van der Waals surface area contributed by atoms with Crippen LogP contribution in [0.15, 0.2) is 46.5 Å². The molecule has 0 radical (unpaired) electrons. The normalized spacial score (nSPS) is 18.6. The van der Waals surface area contributed by atoms with Crippen molar-refractivity contribution in [2.45, 2.75) is 35.8 Å². The summed E-state index contributed by atoms with van der Waals surface area (Å²) in [5.41, 5.74) is 1.97. The van der Waals surface area contributed by atoms with E-state index in [9.17, 15) is 9.59 Å². The lowest BCUT2D eigenvalue weighted by molar-refractivity contribution is 0.0857. The Morgan fingerprint density at radius 2 is 2.30 bits per heavy atom. The lowest BCUT2D eigenvalue weighted by Crippen LogP contribution is -2.32. The highest BCUT2D eigenvalue weighted by Crippen LogP contribution is 2.40. The first-order valence-corrected chi connectivity index (χ1v) is 9.97. The second kappa shape index (κ2) is 7.70. The Bertz CT molecular complexity index is 881. The molecule has 0 spiro atoms. The van der Waals surface area contributed by atoms with Crippen LogP contribution in [0.3, 0.4) is 0 Å². The minimum Gasteiger partial charge on any atom is -0.376 e. The molecule has 1 aromatic heterocycles. The standard InChI is InChI=1S/C20H21N3O3S/c1-2-23-16-8-7-13(18(24)22-12-14-5-4-10-26-14)11-17(16)27-19-15(20(23)25)6-3-9-21-19/h3,6-9,11,14H,2,4-5,10,12H2,1H3,(H,22,24). The highest BCUT2D eigenvalue weighted by molar-refractivity contribution is 7.99. The molecule has 6 nitrogen and oxygen atoms in total. The molecule has 3 heterocycles. The Balaban J connectivity index is 1.62. The second-order valence-electron chi connectivity index (χ2n) is 6.54. The fourth-order valence-corrected chi connectivity index (χ4v) is 4.44. The molecule has 2 amide bonds. The van der Waals surface area contributed by atoms with Gasteiger partial charge in [-0.1, -0.05) is 11.8 Å². The summed E-state index contributed by atoms with van der Waals surface area (Å²) in [4.78, 5) is 32.4. The van der Waals surface area contributed by atoms with Crippen molar-refractivity contribution in [3.63, 3.8) is 0 Å². The van der Waals surface area contributed by atoms with Crippen LogP contribution >= 0.6 is 11.8 Å². The molecule has 1 atom stereocenters. The van der Waals surface area contributed by atoms with Crippen molar-refractivity contribution < 1.29 is 14.3 Å². The molecular weight excluding hydrogens is 362 g/mol. The predicted octanol–water partition coefficient (Wildman–Crippen LogP) is 3.12. The van der Waals surface area contributed by atoms with E-state index in [1.165, 1.54) is 11.8 Å². The first-order chi connectivity index (χ1) is 13.2. The minimum atomic E-state index is -0.131. The average molecular weight is 383 g/mol. The molecule has 1 fully saturated rings.